The SMILES string of the molecule is CCCCn1c(SCC(=O)Nc2c(C)cccc2CC)nc2cc(S(=O)(=O)N(C)C)ccc21. The van der Waals surface area contributed by atoms with Gasteiger partial charge in [-0.1, -0.05) is 50.2 Å². The Morgan fingerprint density at radius 2 is 1.94 bits per heavy atom. The number of unbranched alkanes of at least 4 members (excludes halogenated alkanes) is 1. The van der Waals surface area contributed by atoms with Crippen molar-refractivity contribution >= 4 is 44.4 Å². The number of rotatable bonds is 10. The first kappa shape index (κ1) is 25.3. The van der Waals surface area contributed by atoms with Crippen molar-refractivity contribution in [2.75, 3.05) is 25.2 Å². The fourth-order valence-corrected chi connectivity index (χ4v) is 5.37. The van der Waals surface area contributed by atoms with E-state index in [1.807, 2.05) is 25.1 Å². The van der Waals surface area contributed by atoms with Gasteiger partial charge < -0.3 is 9.88 Å². The van der Waals surface area contributed by atoms with Crippen molar-refractivity contribution in [2.45, 2.75) is 56.6 Å². The van der Waals surface area contributed by atoms with E-state index < -0.39 is 10.0 Å². The number of aryl methyl sites for hydroxylation is 3. The molecule has 7 nitrogen and oxygen atoms in total. The monoisotopic (exact) mass is 488 g/mol. The molecule has 0 bridgehead atoms. The Bertz CT molecular complexity index is 1250. The number of para-hydroxylation sites is 1. The van der Waals surface area contributed by atoms with E-state index >= 15 is 0 Å². The number of hydrogen-bond acceptors (Lipinski definition) is 5. The molecule has 33 heavy (non-hydrogen) atoms. The summed E-state index contributed by atoms with van der Waals surface area (Å²) in [6.45, 7) is 6.94. The lowest BCUT2D eigenvalue weighted by atomic mass is 10.1. The first-order chi connectivity index (χ1) is 15.7. The minimum Gasteiger partial charge on any atom is -0.325 e. The van der Waals surface area contributed by atoms with Gasteiger partial charge in [0.15, 0.2) is 5.16 Å². The van der Waals surface area contributed by atoms with Crippen LogP contribution in [0.2, 0.25) is 0 Å². The number of carbonyl (C=O) groups excluding carboxylic acids is 1. The van der Waals surface area contributed by atoms with E-state index in [1.54, 1.807) is 18.2 Å². The summed E-state index contributed by atoms with van der Waals surface area (Å²) in [5, 5.41) is 3.77. The molecule has 0 spiro atoms. The van der Waals surface area contributed by atoms with E-state index in [9.17, 15) is 13.2 Å². The number of hydrogen-bond donors (Lipinski definition) is 1. The van der Waals surface area contributed by atoms with Crippen molar-refractivity contribution < 1.29 is 13.2 Å². The summed E-state index contributed by atoms with van der Waals surface area (Å²) in [6, 6.07) is 11.1. The van der Waals surface area contributed by atoms with Crippen LogP contribution < -0.4 is 5.32 Å². The highest BCUT2D eigenvalue weighted by molar-refractivity contribution is 7.99. The van der Waals surface area contributed by atoms with Crippen LogP contribution in [0.25, 0.3) is 11.0 Å². The maximum Gasteiger partial charge on any atom is 0.242 e. The normalized spacial score (nSPS) is 11.9. The summed E-state index contributed by atoms with van der Waals surface area (Å²) in [7, 11) is -0.524. The van der Waals surface area contributed by atoms with Crippen molar-refractivity contribution in [1.29, 1.82) is 0 Å². The molecule has 0 unspecified atom stereocenters. The number of amides is 1. The number of anilines is 1. The molecule has 1 aromatic heterocycles. The average Bonchev–Trinajstić information content (AvgIpc) is 3.14. The predicted molar refractivity (Wildman–Crippen MR) is 135 cm³/mol. The minimum absolute atomic E-state index is 0.0889. The van der Waals surface area contributed by atoms with Gasteiger partial charge in [-0.3, -0.25) is 4.79 Å². The number of sulfonamides is 1. The van der Waals surface area contributed by atoms with Gasteiger partial charge in [0.05, 0.1) is 21.7 Å². The maximum absolute atomic E-state index is 12.8. The van der Waals surface area contributed by atoms with Crippen LogP contribution >= 0.6 is 11.8 Å². The van der Waals surface area contributed by atoms with Crippen LogP contribution in [0.4, 0.5) is 5.69 Å². The molecule has 0 aliphatic carbocycles. The predicted octanol–water partition coefficient (Wildman–Crippen LogP) is 4.69. The van der Waals surface area contributed by atoms with E-state index in [2.05, 4.69) is 23.7 Å². The Hall–Kier alpha value is -2.36. The molecular weight excluding hydrogens is 456 g/mol. The number of nitrogens with one attached hydrogen (secondary N) is 1. The number of imidazole rings is 1. The topological polar surface area (TPSA) is 84.3 Å². The number of carbonyl (C=O) groups is 1. The second-order valence-corrected chi connectivity index (χ2v) is 11.2. The summed E-state index contributed by atoms with van der Waals surface area (Å²) < 4.78 is 28.4. The molecule has 0 aliphatic heterocycles. The minimum atomic E-state index is -3.55. The van der Waals surface area contributed by atoms with Crippen molar-refractivity contribution in [2.24, 2.45) is 0 Å². The van der Waals surface area contributed by atoms with Gasteiger partial charge in [-0.25, -0.2) is 17.7 Å². The molecule has 0 fully saturated rings. The molecular formula is C24H32N4O3S2. The average molecular weight is 489 g/mol. The standard InChI is InChI=1S/C24H32N4O3S2/c1-6-8-14-28-21-13-12-19(33(30,31)27(4)5)15-20(21)25-24(28)32-16-22(29)26-23-17(3)10-9-11-18(23)7-2/h9-13,15H,6-8,14,16H2,1-5H3,(H,26,29). The summed E-state index contributed by atoms with van der Waals surface area (Å²) in [5.41, 5.74) is 4.51. The molecule has 2 aromatic carbocycles. The fraction of sp³-hybridized carbons (Fsp3) is 0.417. The second-order valence-electron chi connectivity index (χ2n) is 8.14. The summed E-state index contributed by atoms with van der Waals surface area (Å²) >= 11 is 1.37. The molecule has 9 heteroatoms. The molecule has 0 atom stereocenters. The van der Waals surface area contributed by atoms with Crippen LogP contribution in [-0.2, 0) is 27.8 Å². The summed E-state index contributed by atoms with van der Waals surface area (Å²) in [5.74, 6) is 0.129. The van der Waals surface area contributed by atoms with Gasteiger partial charge >= 0.3 is 0 Å². The van der Waals surface area contributed by atoms with Crippen LogP contribution in [0.1, 0.15) is 37.8 Å². The van der Waals surface area contributed by atoms with Crippen molar-refractivity contribution in [3.63, 3.8) is 0 Å². The van der Waals surface area contributed by atoms with E-state index in [0.29, 0.717) is 10.7 Å². The van der Waals surface area contributed by atoms with Gasteiger partial charge in [-0.2, -0.15) is 0 Å². The summed E-state index contributed by atoms with van der Waals surface area (Å²) in [4.78, 5) is 17.7. The van der Waals surface area contributed by atoms with E-state index in [0.717, 1.165) is 48.1 Å². The lowest BCUT2D eigenvalue weighted by Crippen LogP contribution is -2.22. The third-order valence-corrected chi connectivity index (χ3v) is 8.32. The molecule has 1 N–H and O–H groups in total. The highest BCUT2D eigenvalue weighted by atomic mass is 32.2. The number of aromatic nitrogens is 2. The first-order valence-electron chi connectivity index (χ1n) is 11.1. The zero-order valence-electron chi connectivity index (χ0n) is 19.9. The smallest absolute Gasteiger partial charge is 0.242 e. The zero-order chi connectivity index (χ0) is 24.2. The third-order valence-electron chi connectivity index (χ3n) is 5.54. The molecule has 0 saturated heterocycles. The largest absolute Gasteiger partial charge is 0.325 e. The highest BCUT2D eigenvalue weighted by Gasteiger charge is 2.20. The molecule has 1 heterocycles. The van der Waals surface area contributed by atoms with E-state index in [1.165, 1.54) is 30.2 Å². The Morgan fingerprint density at radius 3 is 2.61 bits per heavy atom. The van der Waals surface area contributed by atoms with Crippen LogP contribution in [0.5, 0.6) is 0 Å². The van der Waals surface area contributed by atoms with Gasteiger partial charge in [0.2, 0.25) is 15.9 Å². The number of thioether (sulfide) groups is 1. The number of fused-ring (bicyclic) bond motifs is 1. The van der Waals surface area contributed by atoms with E-state index in [-0.39, 0.29) is 16.6 Å². The van der Waals surface area contributed by atoms with Crippen LogP contribution in [0.15, 0.2) is 46.5 Å². The lowest BCUT2D eigenvalue weighted by molar-refractivity contribution is -0.113. The Labute approximate surface area is 200 Å². The maximum atomic E-state index is 12.8. The third kappa shape index (κ3) is 5.59. The van der Waals surface area contributed by atoms with Crippen LogP contribution in [0.3, 0.4) is 0 Å². The number of benzene rings is 2. The highest BCUT2D eigenvalue weighted by Crippen LogP contribution is 2.28. The Balaban J connectivity index is 1.86. The van der Waals surface area contributed by atoms with E-state index in [4.69, 9.17) is 4.98 Å². The second kappa shape index (κ2) is 10.7. The van der Waals surface area contributed by atoms with Gasteiger partial charge in [-0.05, 0) is 49.1 Å². The lowest BCUT2D eigenvalue weighted by Gasteiger charge is -2.13. The van der Waals surface area contributed by atoms with Gasteiger partial charge in [0.1, 0.15) is 0 Å². The molecule has 1 amide bonds. The van der Waals surface area contributed by atoms with Crippen molar-refractivity contribution in [1.82, 2.24) is 13.9 Å². The number of nitrogens with zero attached hydrogens (tertiary/aromatic N) is 3. The van der Waals surface area contributed by atoms with Crippen LogP contribution in [0, 0.1) is 6.92 Å². The molecule has 0 saturated carbocycles. The van der Waals surface area contributed by atoms with Gasteiger partial charge in [0, 0.05) is 26.3 Å². The molecule has 178 valence electrons. The van der Waals surface area contributed by atoms with Gasteiger partial charge in [0.25, 0.3) is 0 Å². The Kier molecular flexibility index (Phi) is 8.20. The summed E-state index contributed by atoms with van der Waals surface area (Å²) in [6.07, 6.45) is 2.83. The Morgan fingerprint density at radius 1 is 1.18 bits per heavy atom. The molecule has 3 rings (SSSR count). The quantitative estimate of drug-likeness (QED) is 0.419. The van der Waals surface area contributed by atoms with Crippen LogP contribution in [-0.4, -0.2) is 48.0 Å². The molecule has 3 aromatic rings. The van der Waals surface area contributed by atoms with Crippen molar-refractivity contribution in [3.8, 4) is 0 Å². The zero-order valence-corrected chi connectivity index (χ0v) is 21.5. The first-order valence-corrected chi connectivity index (χ1v) is 13.6. The fourth-order valence-electron chi connectivity index (χ4n) is 3.61. The van der Waals surface area contributed by atoms with Crippen molar-refractivity contribution in [3.05, 3.63) is 47.5 Å². The van der Waals surface area contributed by atoms with Gasteiger partial charge in [-0.15, -0.1) is 0 Å². The molecule has 0 radical (unpaired) electrons. The molecule has 0 aliphatic rings.